The summed E-state index contributed by atoms with van der Waals surface area (Å²) >= 11 is 2.43. The van der Waals surface area contributed by atoms with Gasteiger partial charge in [-0.3, -0.25) is 0 Å². The third-order valence-electron chi connectivity index (χ3n) is 2.01. The van der Waals surface area contributed by atoms with Crippen molar-refractivity contribution in [2.24, 2.45) is 0 Å². The van der Waals surface area contributed by atoms with Crippen LogP contribution in [-0.2, 0) is 0 Å². The van der Waals surface area contributed by atoms with Gasteiger partial charge in [-0.1, -0.05) is 24.3 Å². The molecule has 4 heteroatoms. The van der Waals surface area contributed by atoms with Crippen molar-refractivity contribution in [3.05, 3.63) is 30.0 Å². The molecule has 0 aliphatic heterocycles. The van der Waals surface area contributed by atoms with Crippen LogP contribution < -0.4 is 4.30 Å². The minimum atomic E-state index is 0.797. The van der Waals surface area contributed by atoms with Crippen LogP contribution in [0.4, 0.5) is 5.82 Å². The topological polar surface area (TPSA) is 37.8 Å². The highest BCUT2D eigenvalue weighted by Gasteiger charge is 2.02. The first kappa shape index (κ1) is 8.49. The quantitative estimate of drug-likeness (QED) is 0.683. The van der Waals surface area contributed by atoms with Crippen molar-refractivity contribution in [2.75, 3.05) is 4.30 Å². The fourth-order valence-corrected chi connectivity index (χ4v) is 1.56. The Kier molecular flexibility index (Phi) is 2.17. The number of hydrogen-bond donors (Lipinski definition) is 1. The lowest BCUT2D eigenvalue weighted by Crippen LogP contribution is -1.99. The molecule has 0 aliphatic rings. The smallest absolute Gasteiger partial charge is 0.308 e. The summed E-state index contributed by atoms with van der Waals surface area (Å²) in [5, 5.41) is 10.3. The molecule has 0 unspecified atom stereocenters. The highest BCUT2D eigenvalue weighted by atomic mass is 27.1. The summed E-state index contributed by atoms with van der Waals surface area (Å²) in [6, 6.07) is 8.08. The Morgan fingerprint density at radius 2 is 1.85 bits per heavy atom. The first-order valence-electron chi connectivity index (χ1n) is 4.01. The molecule has 0 atom stereocenters. The van der Waals surface area contributed by atoms with E-state index in [1.54, 1.807) is 0 Å². The number of aryl methyl sites for hydroxylation is 1. The maximum Gasteiger partial charge on any atom is 0.308 e. The van der Waals surface area contributed by atoms with Crippen LogP contribution in [0.15, 0.2) is 24.3 Å². The van der Waals surface area contributed by atoms with E-state index < -0.39 is 0 Å². The van der Waals surface area contributed by atoms with Gasteiger partial charge in [0.25, 0.3) is 0 Å². The van der Waals surface area contributed by atoms with Gasteiger partial charge in [-0.05, 0) is 6.92 Å². The predicted molar refractivity (Wildman–Crippen MR) is 53.7 cm³/mol. The molecule has 1 aromatic heterocycles. The zero-order valence-corrected chi connectivity index (χ0v) is 8.44. The van der Waals surface area contributed by atoms with Crippen molar-refractivity contribution < 1.29 is 0 Å². The number of nitrogens with one attached hydrogen (secondary N) is 1. The standard InChI is InChI=1S/C9H8N3.Al/c1-6-7-4-2-3-5-8(7)9(10)12-11-6;/h2-5H,1H3,(H-,10,12);/q-1;+1. The minimum absolute atomic E-state index is 0.797. The van der Waals surface area contributed by atoms with E-state index in [1.165, 1.54) is 0 Å². The van der Waals surface area contributed by atoms with E-state index in [1.807, 2.05) is 31.2 Å². The molecule has 62 valence electrons. The fraction of sp³-hybridized carbons (Fsp3) is 0.111. The van der Waals surface area contributed by atoms with Gasteiger partial charge < -0.3 is 4.30 Å². The number of benzene rings is 1. The van der Waals surface area contributed by atoms with Gasteiger partial charge in [-0.25, -0.2) is 0 Å². The molecule has 13 heavy (non-hydrogen) atoms. The van der Waals surface area contributed by atoms with E-state index in [-0.39, 0.29) is 0 Å². The molecule has 2 aromatic rings. The molecule has 0 spiro atoms. The number of rotatable bonds is 1. The average molecular weight is 185 g/mol. The molecule has 2 rings (SSSR count). The van der Waals surface area contributed by atoms with Crippen LogP contribution in [-0.4, -0.2) is 26.7 Å². The van der Waals surface area contributed by atoms with Crippen molar-refractivity contribution in [3.63, 3.8) is 0 Å². The van der Waals surface area contributed by atoms with Gasteiger partial charge in [0.05, 0.1) is 5.69 Å². The third kappa shape index (κ3) is 1.39. The second-order valence-corrected chi connectivity index (χ2v) is 3.11. The first-order valence-corrected chi connectivity index (χ1v) is 4.59. The molecule has 2 radical (unpaired) electrons. The van der Waals surface area contributed by atoms with Crippen LogP contribution in [0.1, 0.15) is 5.69 Å². The number of fused-ring (bicyclic) bond motifs is 1. The largest absolute Gasteiger partial charge is 0.475 e. The predicted octanol–water partition coefficient (Wildman–Crippen LogP) is 1.43. The van der Waals surface area contributed by atoms with Gasteiger partial charge >= 0.3 is 16.5 Å². The van der Waals surface area contributed by atoms with Crippen LogP contribution in [0, 0.1) is 6.92 Å². The molecule has 1 N–H and O–H groups in total. The number of nitrogens with zero attached hydrogens (tertiary/aromatic N) is 2. The van der Waals surface area contributed by atoms with Crippen LogP contribution in [0.2, 0.25) is 0 Å². The van der Waals surface area contributed by atoms with Crippen molar-refractivity contribution >= 4 is 33.1 Å². The van der Waals surface area contributed by atoms with E-state index >= 15 is 0 Å². The van der Waals surface area contributed by atoms with Crippen molar-refractivity contribution in [1.29, 1.82) is 0 Å². The fourth-order valence-electron chi connectivity index (χ4n) is 1.34. The number of anilines is 1. The Hall–Kier alpha value is -1.11. The summed E-state index contributed by atoms with van der Waals surface area (Å²) in [6.07, 6.45) is 0. The summed E-state index contributed by atoms with van der Waals surface area (Å²) in [5.74, 6) is 0.797. The molecule has 0 saturated heterocycles. The zero-order chi connectivity index (χ0) is 9.26. The van der Waals surface area contributed by atoms with Gasteiger partial charge in [0.15, 0.2) is 0 Å². The van der Waals surface area contributed by atoms with E-state index in [0.29, 0.717) is 0 Å². The molecule has 0 amide bonds. The monoisotopic (exact) mass is 185 g/mol. The Bertz CT molecular complexity index is 442. The minimum Gasteiger partial charge on any atom is -0.475 e. The maximum absolute atomic E-state index is 4.05. The van der Waals surface area contributed by atoms with Crippen molar-refractivity contribution in [1.82, 2.24) is 10.2 Å². The molecule has 1 heterocycles. The van der Waals surface area contributed by atoms with Gasteiger partial charge in [0.2, 0.25) is 0 Å². The van der Waals surface area contributed by atoms with Gasteiger partial charge in [-0.15, -0.1) is 5.10 Å². The lowest BCUT2D eigenvalue weighted by molar-refractivity contribution is 1.01. The Morgan fingerprint density at radius 1 is 1.15 bits per heavy atom. The first-order chi connectivity index (χ1) is 6.33. The highest BCUT2D eigenvalue weighted by Crippen LogP contribution is 2.21. The normalized spacial score (nSPS) is 10.2. The second kappa shape index (κ2) is 3.33. The van der Waals surface area contributed by atoms with Gasteiger partial charge in [0, 0.05) is 10.8 Å². The summed E-state index contributed by atoms with van der Waals surface area (Å²) in [5.41, 5.74) is 0.958. The molecule has 0 aliphatic carbocycles. The van der Waals surface area contributed by atoms with E-state index in [0.717, 1.165) is 22.3 Å². The van der Waals surface area contributed by atoms with Crippen molar-refractivity contribution in [2.45, 2.75) is 6.92 Å². The maximum atomic E-state index is 4.05. The molecule has 0 bridgehead atoms. The Balaban J connectivity index is 2.84. The Labute approximate surface area is 84.8 Å². The lowest BCUT2D eigenvalue weighted by Gasteiger charge is -2.05. The zero-order valence-electron chi connectivity index (χ0n) is 7.28. The molecule has 0 fully saturated rings. The van der Waals surface area contributed by atoms with Crippen LogP contribution in [0.25, 0.3) is 10.8 Å². The molecular weight excluding hydrogens is 177 g/mol. The summed E-state index contributed by atoms with van der Waals surface area (Å²) in [6.45, 7) is 1.96. The molecule has 3 nitrogen and oxygen atoms in total. The van der Waals surface area contributed by atoms with E-state index in [2.05, 4.69) is 31.0 Å². The molecule has 1 aromatic carbocycles. The number of hydrogen-bond acceptors (Lipinski definition) is 3. The van der Waals surface area contributed by atoms with E-state index in [4.69, 9.17) is 0 Å². The average Bonchev–Trinajstić information content (AvgIpc) is 2.19. The van der Waals surface area contributed by atoms with Crippen LogP contribution in [0.5, 0.6) is 0 Å². The second-order valence-electron chi connectivity index (χ2n) is 2.82. The van der Waals surface area contributed by atoms with Gasteiger partial charge in [0.1, 0.15) is 5.82 Å². The van der Waals surface area contributed by atoms with Gasteiger partial charge in [-0.2, -0.15) is 5.10 Å². The van der Waals surface area contributed by atoms with Crippen LogP contribution >= 0.6 is 0 Å². The summed E-state index contributed by atoms with van der Waals surface area (Å²) in [4.78, 5) is 0. The van der Waals surface area contributed by atoms with Crippen LogP contribution in [0.3, 0.4) is 0 Å². The molecule has 0 saturated carbocycles. The number of aromatic nitrogens is 2. The Morgan fingerprint density at radius 3 is 2.54 bits per heavy atom. The SMILES string of the molecule is Cc1nnc([NH][Al])c2ccccc12. The van der Waals surface area contributed by atoms with E-state index in [9.17, 15) is 0 Å². The van der Waals surface area contributed by atoms with Crippen molar-refractivity contribution in [3.8, 4) is 0 Å². The molecular formula is C9H8AlN3. The third-order valence-corrected chi connectivity index (χ3v) is 2.28. The summed E-state index contributed by atoms with van der Waals surface area (Å²) < 4.78 is 2.94. The summed E-state index contributed by atoms with van der Waals surface area (Å²) in [7, 11) is 0. The lowest BCUT2D eigenvalue weighted by atomic mass is 10.1. The highest BCUT2D eigenvalue weighted by molar-refractivity contribution is 6.18.